The van der Waals surface area contributed by atoms with Gasteiger partial charge in [0.25, 0.3) is 5.69 Å². The number of carbonyl (C=O) groups excluding carboxylic acids is 1. The number of nitro groups is 1. The predicted octanol–water partition coefficient (Wildman–Crippen LogP) is 7.47. The molecule has 0 radical (unpaired) electrons. The van der Waals surface area contributed by atoms with Gasteiger partial charge in [-0.05, 0) is 85.3 Å². The van der Waals surface area contributed by atoms with Gasteiger partial charge in [-0.3, -0.25) is 19.8 Å². The molecule has 5 rings (SSSR count). The highest BCUT2D eigenvalue weighted by Crippen LogP contribution is 2.49. The number of nitrogens with zero attached hydrogens (tertiary/aromatic N) is 3. The second-order valence-electron chi connectivity index (χ2n) is 10.3. The number of nitriles is 1. The summed E-state index contributed by atoms with van der Waals surface area (Å²) in [6, 6.07) is 18.5. The summed E-state index contributed by atoms with van der Waals surface area (Å²) in [7, 11) is 1.43. The second-order valence-corrected chi connectivity index (χ2v) is 11.8. The summed E-state index contributed by atoms with van der Waals surface area (Å²) in [5.41, 5.74) is 11.9. The quantitative estimate of drug-likeness (QED) is 0.168. The number of nitrogens with two attached hydrogens (primary N) is 1. The SMILES string of the molecule is COc1ccc(N2C(N)=C(C#N)C(c3cc(CSc4ccc(Cl)cc4)c(C)cc3C)C3=C2CCCC3=O)c([N+](=O)[O-])c1. The Morgan fingerprint density at radius 1 is 1.14 bits per heavy atom. The van der Waals surface area contributed by atoms with Crippen LogP contribution in [0.5, 0.6) is 5.75 Å². The third kappa shape index (κ3) is 5.36. The number of carbonyl (C=O) groups is 1. The third-order valence-electron chi connectivity index (χ3n) is 7.78. The fourth-order valence-electron chi connectivity index (χ4n) is 5.71. The van der Waals surface area contributed by atoms with Crippen molar-refractivity contribution >= 4 is 40.5 Å². The van der Waals surface area contributed by atoms with Gasteiger partial charge in [0.2, 0.25) is 0 Å². The molecule has 0 aromatic heterocycles. The third-order valence-corrected chi connectivity index (χ3v) is 9.09. The summed E-state index contributed by atoms with van der Waals surface area (Å²) in [5.74, 6) is 0.322. The lowest BCUT2D eigenvalue weighted by molar-refractivity contribution is -0.384. The molecule has 0 saturated heterocycles. The lowest BCUT2D eigenvalue weighted by atomic mass is 9.74. The number of benzene rings is 3. The first-order valence-corrected chi connectivity index (χ1v) is 14.8. The Kier molecular flexibility index (Phi) is 8.30. The first-order valence-electron chi connectivity index (χ1n) is 13.4. The summed E-state index contributed by atoms with van der Waals surface area (Å²) >= 11 is 7.72. The van der Waals surface area contributed by atoms with Crippen molar-refractivity contribution < 1.29 is 14.5 Å². The van der Waals surface area contributed by atoms with Gasteiger partial charge in [-0.15, -0.1) is 11.8 Å². The van der Waals surface area contributed by atoms with E-state index in [1.165, 1.54) is 18.1 Å². The van der Waals surface area contributed by atoms with Crippen LogP contribution in [0.15, 0.2) is 82.2 Å². The number of ketones is 1. The Bertz CT molecular complexity index is 1710. The van der Waals surface area contributed by atoms with Crippen molar-refractivity contribution in [1.29, 1.82) is 5.26 Å². The minimum Gasteiger partial charge on any atom is -0.496 e. The molecule has 3 aromatic carbocycles. The van der Waals surface area contributed by atoms with Gasteiger partial charge in [0.15, 0.2) is 5.78 Å². The molecule has 1 aliphatic heterocycles. The number of Topliss-reactive ketones (excluding diaryl/α,β-unsaturated/α-hetero) is 1. The molecule has 2 aliphatic rings. The van der Waals surface area contributed by atoms with Gasteiger partial charge in [0.05, 0.1) is 35.7 Å². The number of hydrogen-bond acceptors (Lipinski definition) is 8. The molecule has 1 atom stereocenters. The number of allylic oxidation sites excluding steroid dienone is 3. The smallest absolute Gasteiger partial charge is 0.296 e. The molecule has 42 heavy (non-hydrogen) atoms. The van der Waals surface area contributed by atoms with Crippen molar-refractivity contribution in [2.45, 2.75) is 49.7 Å². The van der Waals surface area contributed by atoms with E-state index in [0.29, 0.717) is 47.1 Å². The molecule has 2 N–H and O–H groups in total. The second kappa shape index (κ2) is 11.9. The Morgan fingerprint density at radius 3 is 2.55 bits per heavy atom. The first-order chi connectivity index (χ1) is 20.1. The van der Waals surface area contributed by atoms with Crippen LogP contribution in [-0.2, 0) is 10.5 Å². The van der Waals surface area contributed by atoms with Crippen LogP contribution in [0.25, 0.3) is 0 Å². The van der Waals surface area contributed by atoms with E-state index in [1.54, 1.807) is 23.9 Å². The van der Waals surface area contributed by atoms with E-state index in [1.807, 2.05) is 38.1 Å². The van der Waals surface area contributed by atoms with Crippen molar-refractivity contribution in [3.8, 4) is 11.8 Å². The molecule has 0 fully saturated rings. The zero-order valence-electron chi connectivity index (χ0n) is 23.4. The number of rotatable bonds is 7. The number of thioether (sulfide) groups is 1. The number of aryl methyl sites for hydroxylation is 2. The number of methoxy groups -OCH3 is 1. The lowest BCUT2D eigenvalue weighted by Crippen LogP contribution is -2.39. The van der Waals surface area contributed by atoms with Gasteiger partial charge in [-0.1, -0.05) is 23.7 Å². The normalized spacial score (nSPS) is 16.8. The number of anilines is 1. The van der Waals surface area contributed by atoms with Gasteiger partial charge in [0, 0.05) is 33.4 Å². The highest BCUT2D eigenvalue weighted by atomic mass is 35.5. The number of nitro benzene ring substituents is 1. The molecule has 0 amide bonds. The molecule has 1 heterocycles. The summed E-state index contributed by atoms with van der Waals surface area (Å²) in [6.45, 7) is 4.02. The van der Waals surface area contributed by atoms with Crippen LogP contribution >= 0.6 is 23.4 Å². The van der Waals surface area contributed by atoms with Gasteiger partial charge < -0.3 is 10.5 Å². The van der Waals surface area contributed by atoms with Crippen LogP contribution in [-0.4, -0.2) is 17.8 Å². The Labute approximate surface area is 253 Å². The monoisotopic (exact) mass is 600 g/mol. The molecule has 0 saturated carbocycles. The molecular weight excluding hydrogens is 572 g/mol. The molecular formula is C32H29ClN4O4S. The molecule has 0 bridgehead atoms. The highest BCUT2D eigenvalue weighted by molar-refractivity contribution is 7.98. The Balaban J connectivity index is 1.65. The van der Waals surface area contributed by atoms with Crippen LogP contribution in [0, 0.1) is 35.3 Å². The van der Waals surface area contributed by atoms with E-state index < -0.39 is 10.8 Å². The first kappa shape index (κ1) is 29.2. The van der Waals surface area contributed by atoms with Crippen LogP contribution in [0.4, 0.5) is 11.4 Å². The maximum absolute atomic E-state index is 13.7. The topological polar surface area (TPSA) is 122 Å². The van der Waals surface area contributed by atoms with E-state index in [9.17, 15) is 20.2 Å². The minimum absolute atomic E-state index is 0.0836. The summed E-state index contributed by atoms with van der Waals surface area (Å²) in [4.78, 5) is 27.8. The molecule has 3 aromatic rings. The maximum atomic E-state index is 13.7. The van der Waals surface area contributed by atoms with E-state index in [0.717, 1.165) is 27.1 Å². The van der Waals surface area contributed by atoms with E-state index in [2.05, 4.69) is 18.2 Å². The van der Waals surface area contributed by atoms with Crippen molar-refractivity contribution in [2.75, 3.05) is 12.0 Å². The summed E-state index contributed by atoms with van der Waals surface area (Å²) < 4.78 is 5.21. The predicted molar refractivity (Wildman–Crippen MR) is 165 cm³/mol. The van der Waals surface area contributed by atoms with Crippen LogP contribution in [0.2, 0.25) is 5.02 Å². The highest BCUT2D eigenvalue weighted by Gasteiger charge is 2.42. The van der Waals surface area contributed by atoms with Crippen molar-refractivity contribution in [2.24, 2.45) is 5.73 Å². The van der Waals surface area contributed by atoms with Crippen molar-refractivity contribution in [3.63, 3.8) is 0 Å². The lowest BCUT2D eigenvalue weighted by Gasteiger charge is -2.39. The average molecular weight is 601 g/mol. The standard InChI is InChI=1S/C32H29ClN4O4S/c1-18-13-19(2)24(14-20(18)17-42-23-10-7-21(33)8-11-23)30-25(16-34)32(35)36(27-5-4-6-29(38)31(27)30)26-12-9-22(41-3)15-28(26)37(39)40/h7-15,30H,4-6,17,35H2,1-3H3. The van der Waals surface area contributed by atoms with Crippen molar-refractivity contribution in [3.05, 3.63) is 115 Å². The molecule has 1 aliphatic carbocycles. The van der Waals surface area contributed by atoms with Gasteiger partial charge in [0.1, 0.15) is 17.3 Å². The average Bonchev–Trinajstić information content (AvgIpc) is 2.97. The maximum Gasteiger partial charge on any atom is 0.296 e. The van der Waals surface area contributed by atoms with Crippen molar-refractivity contribution in [1.82, 2.24) is 0 Å². The number of halogens is 1. The minimum atomic E-state index is -0.675. The van der Waals surface area contributed by atoms with Gasteiger partial charge >= 0.3 is 0 Å². The molecule has 10 heteroatoms. The molecule has 1 unspecified atom stereocenters. The molecule has 0 spiro atoms. The fourth-order valence-corrected chi connectivity index (χ4v) is 6.80. The summed E-state index contributed by atoms with van der Waals surface area (Å²) in [6.07, 6.45) is 1.40. The van der Waals surface area contributed by atoms with Gasteiger partial charge in [-0.2, -0.15) is 5.26 Å². The Morgan fingerprint density at radius 2 is 1.88 bits per heavy atom. The van der Waals surface area contributed by atoms with Crippen LogP contribution in [0.1, 0.15) is 47.4 Å². The Hall–Kier alpha value is -4.26. The zero-order valence-corrected chi connectivity index (χ0v) is 25.0. The molecule has 214 valence electrons. The molecule has 8 nitrogen and oxygen atoms in total. The van der Waals surface area contributed by atoms with E-state index >= 15 is 0 Å². The number of ether oxygens (including phenoxy) is 1. The van der Waals surface area contributed by atoms with E-state index in [-0.39, 0.29) is 28.6 Å². The van der Waals surface area contributed by atoms with Crippen LogP contribution in [0.3, 0.4) is 0 Å². The largest absolute Gasteiger partial charge is 0.496 e. The summed E-state index contributed by atoms with van der Waals surface area (Å²) in [5, 5.41) is 23.2. The van der Waals surface area contributed by atoms with Gasteiger partial charge in [-0.25, -0.2) is 0 Å². The zero-order chi connectivity index (χ0) is 30.1. The fraction of sp³-hybridized carbons (Fsp3) is 0.250. The van der Waals surface area contributed by atoms with E-state index in [4.69, 9.17) is 22.1 Å². The van der Waals surface area contributed by atoms with Crippen LogP contribution < -0.4 is 15.4 Å². The number of hydrogen-bond donors (Lipinski definition) is 1.